The predicted octanol–water partition coefficient (Wildman–Crippen LogP) is 4.18. The lowest BCUT2D eigenvalue weighted by molar-refractivity contribution is -0.157. The van der Waals surface area contributed by atoms with E-state index in [1.165, 1.54) is 6.92 Å². The summed E-state index contributed by atoms with van der Waals surface area (Å²) >= 11 is 0. The number of hydrogen-bond donors (Lipinski definition) is 1. The Balaban J connectivity index is 5.07. The van der Waals surface area contributed by atoms with Gasteiger partial charge in [0.05, 0.1) is 6.10 Å². The van der Waals surface area contributed by atoms with Crippen molar-refractivity contribution < 1.29 is 14.6 Å². The maximum Gasteiger partial charge on any atom is 0.302 e. The van der Waals surface area contributed by atoms with E-state index in [0.717, 1.165) is 6.42 Å². The number of carbonyl (C=O) groups excluding carboxylic acids is 1. The number of hydrogen-bond acceptors (Lipinski definition) is 3. The summed E-state index contributed by atoms with van der Waals surface area (Å²) in [6.45, 7) is 18.1. The van der Waals surface area contributed by atoms with Crippen LogP contribution in [0.1, 0.15) is 75.2 Å². The quantitative estimate of drug-likeness (QED) is 0.771. The van der Waals surface area contributed by atoms with Gasteiger partial charge < -0.3 is 9.84 Å². The Morgan fingerprint density at radius 1 is 1.00 bits per heavy atom. The van der Waals surface area contributed by atoms with Gasteiger partial charge in [-0.2, -0.15) is 0 Å². The highest BCUT2D eigenvalue weighted by atomic mass is 16.5. The zero-order chi connectivity index (χ0) is 16.4. The SMILES string of the molecule is CC(=O)OC(CC(C)(C)C)C(C)(C)CC(O)C(C)(C)C. The van der Waals surface area contributed by atoms with Gasteiger partial charge in [0.15, 0.2) is 0 Å². The van der Waals surface area contributed by atoms with Crippen molar-refractivity contribution in [1.82, 2.24) is 0 Å². The summed E-state index contributed by atoms with van der Waals surface area (Å²) in [7, 11) is 0. The van der Waals surface area contributed by atoms with E-state index in [9.17, 15) is 9.90 Å². The normalized spacial score (nSPS) is 16.7. The van der Waals surface area contributed by atoms with Crippen molar-refractivity contribution in [3.8, 4) is 0 Å². The van der Waals surface area contributed by atoms with Crippen LogP contribution in [0.15, 0.2) is 0 Å². The Morgan fingerprint density at radius 3 is 1.75 bits per heavy atom. The first-order valence-corrected chi connectivity index (χ1v) is 7.50. The van der Waals surface area contributed by atoms with E-state index in [0.29, 0.717) is 6.42 Å². The molecule has 0 radical (unpaired) electrons. The molecule has 0 aromatic rings. The molecule has 0 amide bonds. The second kappa shape index (κ2) is 6.46. The molecule has 0 rings (SSSR count). The summed E-state index contributed by atoms with van der Waals surface area (Å²) < 4.78 is 5.55. The molecule has 1 N–H and O–H groups in total. The fourth-order valence-electron chi connectivity index (χ4n) is 2.17. The third-order valence-corrected chi connectivity index (χ3v) is 3.70. The minimum Gasteiger partial charge on any atom is -0.462 e. The van der Waals surface area contributed by atoms with Crippen molar-refractivity contribution in [3.05, 3.63) is 0 Å². The number of esters is 1. The van der Waals surface area contributed by atoms with Gasteiger partial charge in [0.2, 0.25) is 0 Å². The Morgan fingerprint density at radius 2 is 1.45 bits per heavy atom. The standard InChI is InChI=1S/C17H34O3/c1-12(18)20-14(11-15(2,3)4)17(8,9)10-13(19)16(5,6)7/h13-14,19H,10-11H2,1-9H3. The smallest absolute Gasteiger partial charge is 0.302 e. The summed E-state index contributed by atoms with van der Waals surface area (Å²) in [4.78, 5) is 11.4. The molecule has 3 nitrogen and oxygen atoms in total. The van der Waals surface area contributed by atoms with Crippen molar-refractivity contribution in [1.29, 1.82) is 0 Å². The van der Waals surface area contributed by atoms with E-state index in [-0.39, 0.29) is 28.3 Å². The second-order valence-corrected chi connectivity index (χ2v) is 8.94. The summed E-state index contributed by atoms with van der Waals surface area (Å²) in [5, 5.41) is 10.4. The topological polar surface area (TPSA) is 46.5 Å². The Labute approximate surface area is 125 Å². The molecule has 0 spiro atoms. The van der Waals surface area contributed by atoms with Crippen molar-refractivity contribution in [2.24, 2.45) is 16.2 Å². The summed E-state index contributed by atoms with van der Waals surface area (Å²) in [5.74, 6) is -0.252. The molecule has 20 heavy (non-hydrogen) atoms. The number of rotatable bonds is 5. The maximum absolute atomic E-state index is 11.4. The highest BCUT2D eigenvalue weighted by Gasteiger charge is 2.39. The largest absolute Gasteiger partial charge is 0.462 e. The molecular weight excluding hydrogens is 252 g/mol. The van der Waals surface area contributed by atoms with Crippen LogP contribution in [0.4, 0.5) is 0 Å². The van der Waals surface area contributed by atoms with E-state index >= 15 is 0 Å². The molecule has 2 unspecified atom stereocenters. The molecule has 0 saturated carbocycles. The third kappa shape index (κ3) is 7.28. The van der Waals surface area contributed by atoms with E-state index in [1.807, 2.05) is 20.8 Å². The van der Waals surface area contributed by atoms with E-state index < -0.39 is 6.10 Å². The molecule has 3 heteroatoms. The van der Waals surface area contributed by atoms with Crippen LogP contribution >= 0.6 is 0 Å². The first kappa shape index (κ1) is 19.4. The maximum atomic E-state index is 11.4. The lowest BCUT2D eigenvalue weighted by atomic mass is 9.71. The molecule has 0 aromatic heterocycles. The second-order valence-electron chi connectivity index (χ2n) is 8.94. The van der Waals surface area contributed by atoms with Gasteiger partial charge in [-0.15, -0.1) is 0 Å². The molecule has 0 bridgehead atoms. The first-order chi connectivity index (χ1) is 8.65. The molecule has 2 atom stereocenters. The van der Waals surface area contributed by atoms with Crippen LogP contribution < -0.4 is 0 Å². The number of ether oxygens (including phenoxy) is 1. The molecule has 120 valence electrons. The number of aliphatic hydroxyl groups excluding tert-OH is 1. The Kier molecular flexibility index (Phi) is 6.28. The van der Waals surface area contributed by atoms with Gasteiger partial charge in [0.1, 0.15) is 6.10 Å². The minimum absolute atomic E-state index is 0.0735. The van der Waals surface area contributed by atoms with Crippen LogP contribution in [-0.2, 0) is 9.53 Å². The van der Waals surface area contributed by atoms with E-state index in [4.69, 9.17) is 4.74 Å². The van der Waals surface area contributed by atoms with Gasteiger partial charge in [-0.1, -0.05) is 55.4 Å². The number of aliphatic hydroxyl groups is 1. The Bertz CT molecular complexity index is 318. The minimum atomic E-state index is -0.421. The average Bonchev–Trinajstić information content (AvgIpc) is 2.11. The van der Waals surface area contributed by atoms with Gasteiger partial charge in [0.25, 0.3) is 0 Å². The van der Waals surface area contributed by atoms with Crippen LogP contribution in [0, 0.1) is 16.2 Å². The van der Waals surface area contributed by atoms with Crippen LogP contribution in [0.2, 0.25) is 0 Å². The lowest BCUT2D eigenvalue weighted by Crippen LogP contribution is -2.41. The lowest BCUT2D eigenvalue weighted by Gasteiger charge is -2.40. The predicted molar refractivity (Wildman–Crippen MR) is 83.5 cm³/mol. The van der Waals surface area contributed by atoms with E-state index in [2.05, 4.69) is 34.6 Å². The van der Waals surface area contributed by atoms with Gasteiger partial charge >= 0.3 is 5.97 Å². The molecule has 0 aliphatic rings. The number of carbonyl (C=O) groups is 1. The molecule has 0 heterocycles. The van der Waals surface area contributed by atoms with Crippen LogP contribution in [0.3, 0.4) is 0 Å². The zero-order valence-corrected chi connectivity index (χ0v) is 14.8. The van der Waals surface area contributed by atoms with Crippen LogP contribution in [0.5, 0.6) is 0 Å². The van der Waals surface area contributed by atoms with E-state index in [1.54, 1.807) is 0 Å². The van der Waals surface area contributed by atoms with Gasteiger partial charge in [-0.05, 0) is 23.7 Å². The van der Waals surface area contributed by atoms with Crippen LogP contribution in [0.25, 0.3) is 0 Å². The Hall–Kier alpha value is -0.570. The van der Waals surface area contributed by atoms with Gasteiger partial charge in [0, 0.05) is 12.3 Å². The third-order valence-electron chi connectivity index (χ3n) is 3.70. The summed E-state index contributed by atoms with van der Waals surface area (Å²) in [5.41, 5.74) is -0.352. The molecule has 0 aromatic carbocycles. The zero-order valence-electron chi connectivity index (χ0n) is 14.8. The van der Waals surface area contributed by atoms with Crippen molar-refractivity contribution in [3.63, 3.8) is 0 Å². The molecule has 0 aliphatic heterocycles. The van der Waals surface area contributed by atoms with Gasteiger partial charge in [-0.3, -0.25) is 4.79 Å². The van der Waals surface area contributed by atoms with Crippen molar-refractivity contribution >= 4 is 5.97 Å². The molecule has 0 aliphatic carbocycles. The van der Waals surface area contributed by atoms with Crippen molar-refractivity contribution in [2.45, 2.75) is 87.4 Å². The van der Waals surface area contributed by atoms with Crippen molar-refractivity contribution in [2.75, 3.05) is 0 Å². The molecular formula is C17H34O3. The van der Waals surface area contributed by atoms with Crippen LogP contribution in [-0.4, -0.2) is 23.3 Å². The summed E-state index contributed by atoms with van der Waals surface area (Å²) in [6.07, 6.45) is 0.800. The monoisotopic (exact) mass is 286 g/mol. The molecule has 0 fully saturated rings. The summed E-state index contributed by atoms with van der Waals surface area (Å²) in [6, 6.07) is 0. The fraction of sp³-hybridized carbons (Fsp3) is 0.941. The average molecular weight is 286 g/mol. The van der Waals surface area contributed by atoms with Gasteiger partial charge in [-0.25, -0.2) is 0 Å². The highest BCUT2D eigenvalue weighted by Crippen LogP contribution is 2.39. The highest BCUT2D eigenvalue weighted by molar-refractivity contribution is 5.66. The first-order valence-electron chi connectivity index (χ1n) is 7.50. The fourth-order valence-corrected chi connectivity index (χ4v) is 2.17. The molecule has 0 saturated heterocycles.